The first-order chi connectivity index (χ1) is 10.5. The van der Waals surface area contributed by atoms with E-state index < -0.39 is 0 Å². The molecule has 0 atom stereocenters. The highest BCUT2D eigenvalue weighted by molar-refractivity contribution is 6.31. The van der Waals surface area contributed by atoms with E-state index in [1.54, 1.807) is 0 Å². The molecule has 22 heavy (non-hydrogen) atoms. The molecule has 0 saturated carbocycles. The molecule has 2 heterocycles. The van der Waals surface area contributed by atoms with E-state index in [0.717, 1.165) is 52.9 Å². The summed E-state index contributed by atoms with van der Waals surface area (Å²) >= 11 is 6.28. The van der Waals surface area contributed by atoms with Crippen LogP contribution in [0.25, 0.3) is 0 Å². The van der Waals surface area contributed by atoms with Gasteiger partial charge in [-0.25, -0.2) is 0 Å². The molecule has 0 saturated heterocycles. The Morgan fingerprint density at radius 3 is 2.77 bits per heavy atom. The Kier molecular flexibility index (Phi) is 4.08. The van der Waals surface area contributed by atoms with Crippen LogP contribution in [0.4, 0.5) is 5.69 Å². The van der Waals surface area contributed by atoms with E-state index in [1.807, 2.05) is 24.5 Å². The van der Waals surface area contributed by atoms with Crippen LogP contribution in [-0.2, 0) is 26.2 Å². The van der Waals surface area contributed by atoms with Gasteiger partial charge in [0.2, 0.25) is 0 Å². The molecule has 1 aromatic heterocycles. The van der Waals surface area contributed by atoms with E-state index in [0.29, 0.717) is 12.4 Å². The number of aliphatic hydroxyl groups excluding tert-OH is 1. The van der Waals surface area contributed by atoms with Crippen molar-refractivity contribution in [2.75, 3.05) is 12.3 Å². The van der Waals surface area contributed by atoms with E-state index in [4.69, 9.17) is 17.3 Å². The number of anilines is 1. The molecule has 0 fully saturated rings. The molecular formula is C15H20ClN5O. The number of halogens is 1. The summed E-state index contributed by atoms with van der Waals surface area (Å²) in [7, 11) is 0. The zero-order valence-corrected chi connectivity index (χ0v) is 13.6. The predicted molar refractivity (Wildman–Crippen MR) is 85.4 cm³/mol. The van der Waals surface area contributed by atoms with Gasteiger partial charge >= 0.3 is 0 Å². The minimum atomic E-state index is -0.0767. The van der Waals surface area contributed by atoms with E-state index in [9.17, 15) is 5.11 Å². The van der Waals surface area contributed by atoms with Crippen molar-refractivity contribution >= 4 is 17.3 Å². The van der Waals surface area contributed by atoms with E-state index >= 15 is 0 Å². The number of aromatic nitrogens is 3. The molecule has 6 nitrogen and oxygen atoms in total. The number of fused-ring (bicyclic) bond motifs is 1. The van der Waals surface area contributed by atoms with Gasteiger partial charge in [-0.05, 0) is 36.6 Å². The molecule has 0 spiro atoms. The van der Waals surface area contributed by atoms with Crippen molar-refractivity contribution in [3.63, 3.8) is 0 Å². The van der Waals surface area contributed by atoms with Crippen LogP contribution in [0.15, 0.2) is 6.07 Å². The fourth-order valence-electron chi connectivity index (χ4n) is 2.85. The summed E-state index contributed by atoms with van der Waals surface area (Å²) in [4.78, 5) is 2.27. The summed E-state index contributed by atoms with van der Waals surface area (Å²) < 4.78 is 1.98. The second-order valence-electron chi connectivity index (χ2n) is 5.73. The Labute approximate surface area is 134 Å². The summed E-state index contributed by atoms with van der Waals surface area (Å²) in [5.74, 6) is 1.51. The lowest BCUT2D eigenvalue weighted by Crippen LogP contribution is -2.34. The van der Waals surface area contributed by atoms with Crippen LogP contribution in [0.2, 0.25) is 5.02 Å². The van der Waals surface area contributed by atoms with Crippen LogP contribution >= 0.6 is 11.6 Å². The molecule has 1 aliphatic rings. The number of hydrogen-bond donors (Lipinski definition) is 2. The van der Waals surface area contributed by atoms with Crippen molar-refractivity contribution in [3.8, 4) is 0 Å². The summed E-state index contributed by atoms with van der Waals surface area (Å²) in [5, 5.41) is 18.1. The first-order valence-corrected chi connectivity index (χ1v) is 7.67. The molecule has 7 heteroatoms. The van der Waals surface area contributed by atoms with Crippen LogP contribution in [0.5, 0.6) is 0 Å². The topological polar surface area (TPSA) is 80.2 Å². The van der Waals surface area contributed by atoms with E-state index in [2.05, 4.69) is 15.1 Å². The normalized spacial score (nSPS) is 15.1. The van der Waals surface area contributed by atoms with Gasteiger partial charge in [0.1, 0.15) is 12.4 Å². The third-order valence-corrected chi connectivity index (χ3v) is 4.81. The van der Waals surface area contributed by atoms with Gasteiger partial charge in [-0.1, -0.05) is 11.6 Å². The van der Waals surface area contributed by atoms with Crippen LogP contribution in [0.3, 0.4) is 0 Å². The zero-order chi connectivity index (χ0) is 15.9. The average molecular weight is 322 g/mol. The number of nitrogens with zero attached hydrogens (tertiary/aromatic N) is 4. The highest BCUT2D eigenvalue weighted by Crippen LogP contribution is 2.29. The lowest BCUT2D eigenvalue weighted by molar-refractivity contribution is 0.199. The van der Waals surface area contributed by atoms with Crippen molar-refractivity contribution in [2.24, 2.45) is 0 Å². The minimum Gasteiger partial charge on any atom is -0.398 e. The molecule has 1 aliphatic heterocycles. The Bertz CT molecular complexity index is 712. The number of benzene rings is 1. The van der Waals surface area contributed by atoms with Gasteiger partial charge in [0, 0.05) is 30.3 Å². The number of hydrogen-bond acceptors (Lipinski definition) is 5. The summed E-state index contributed by atoms with van der Waals surface area (Å²) in [6.07, 6.45) is 0. The van der Waals surface area contributed by atoms with Crippen LogP contribution in [-0.4, -0.2) is 31.3 Å². The summed E-state index contributed by atoms with van der Waals surface area (Å²) in [6.45, 7) is 6.97. The lowest BCUT2D eigenvalue weighted by Gasteiger charge is -2.28. The van der Waals surface area contributed by atoms with Gasteiger partial charge in [-0.3, -0.25) is 4.90 Å². The van der Waals surface area contributed by atoms with Crippen molar-refractivity contribution in [3.05, 3.63) is 39.4 Å². The van der Waals surface area contributed by atoms with Crippen molar-refractivity contribution in [2.45, 2.75) is 40.1 Å². The maximum Gasteiger partial charge on any atom is 0.158 e. The first-order valence-electron chi connectivity index (χ1n) is 7.29. The molecule has 0 radical (unpaired) electrons. The first kappa shape index (κ1) is 15.3. The average Bonchev–Trinajstić information content (AvgIpc) is 2.92. The van der Waals surface area contributed by atoms with Crippen molar-refractivity contribution in [1.82, 2.24) is 19.7 Å². The van der Waals surface area contributed by atoms with Gasteiger partial charge in [-0.2, -0.15) is 0 Å². The number of rotatable bonds is 3. The molecular weight excluding hydrogens is 302 g/mol. The molecule has 0 unspecified atom stereocenters. The Morgan fingerprint density at radius 1 is 1.27 bits per heavy atom. The fourth-order valence-corrected chi connectivity index (χ4v) is 3.13. The van der Waals surface area contributed by atoms with Crippen LogP contribution in [0.1, 0.15) is 28.3 Å². The maximum absolute atomic E-state index is 9.24. The molecule has 0 amide bonds. The maximum atomic E-state index is 9.24. The van der Waals surface area contributed by atoms with Gasteiger partial charge < -0.3 is 15.4 Å². The number of nitrogens with two attached hydrogens (primary N) is 1. The molecule has 0 bridgehead atoms. The second kappa shape index (κ2) is 5.87. The third-order valence-electron chi connectivity index (χ3n) is 4.42. The monoisotopic (exact) mass is 321 g/mol. The Morgan fingerprint density at radius 2 is 2.05 bits per heavy atom. The van der Waals surface area contributed by atoms with Gasteiger partial charge in [-0.15, -0.1) is 10.2 Å². The molecule has 3 N–H and O–H groups in total. The van der Waals surface area contributed by atoms with Gasteiger partial charge in [0.25, 0.3) is 0 Å². The quantitative estimate of drug-likeness (QED) is 0.840. The number of nitrogen functional groups attached to an aromatic ring is 1. The Balaban J connectivity index is 1.81. The zero-order valence-electron chi connectivity index (χ0n) is 12.8. The van der Waals surface area contributed by atoms with Crippen LogP contribution in [0, 0.1) is 13.8 Å². The highest BCUT2D eigenvalue weighted by atomic mass is 35.5. The molecule has 3 rings (SSSR count). The SMILES string of the molecule is Cc1c(Cl)cc(CN2CCn3c(CO)nnc3C2)c(N)c1C. The molecule has 118 valence electrons. The van der Waals surface area contributed by atoms with Gasteiger partial charge in [0.15, 0.2) is 5.82 Å². The molecule has 0 aliphatic carbocycles. The van der Waals surface area contributed by atoms with Gasteiger partial charge in [0.05, 0.1) is 6.54 Å². The largest absolute Gasteiger partial charge is 0.398 e. The standard InChI is InChI=1S/C15H20ClN5O/c1-9-10(2)15(17)11(5-12(9)16)6-20-3-4-21-13(7-20)18-19-14(21)8-22/h5,22H,3-4,6-8,17H2,1-2H3. The van der Waals surface area contributed by atoms with Crippen molar-refractivity contribution < 1.29 is 5.11 Å². The fraction of sp³-hybridized carbons (Fsp3) is 0.467. The molecule has 1 aromatic carbocycles. The van der Waals surface area contributed by atoms with Crippen molar-refractivity contribution in [1.29, 1.82) is 0 Å². The smallest absolute Gasteiger partial charge is 0.158 e. The Hall–Kier alpha value is -1.63. The highest BCUT2D eigenvalue weighted by Gasteiger charge is 2.22. The second-order valence-corrected chi connectivity index (χ2v) is 6.14. The third kappa shape index (κ3) is 2.58. The predicted octanol–water partition coefficient (Wildman–Crippen LogP) is 1.64. The minimum absolute atomic E-state index is 0.0767. The van der Waals surface area contributed by atoms with Crippen LogP contribution < -0.4 is 5.73 Å². The lowest BCUT2D eigenvalue weighted by atomic mass is 10.0. The summed E-state index contributed by atoms with van der Waals surface area (Å²) in [5.41, 5.74) is 10.2. The molecule has 2 aromatic rings. The number of aliphatic hydroxyl groups is 1. The van der Waals surface area contributed by atoms with E-state index in [1.165, 1.54) is 0 Å². The van der Waals surface area contributed by atoms with E-state index in [-0.39, 0.29) is 6.61 Å². The summed E-state index contributed by atoms with van der Waals surface area (Å²) in [6, 6.07) is 1.96.